The van der Waals surface area contributed by atoms with Crippen molar-refractivity contribution in [3.05, 3.63) is 71.5 Å². The fourth-order valence-corrected chi connectivity index (χ4v) is 3.79. The van der Waals surface area contributed by atoms with Crippen molar-refractivity contribution in [2.45, 2.75) is 26.7 Å². The number of aromatic nitrogens is 3. The van der Waals surface area contributed by atoms with Gasteiger partial charge in [0.1, 0.15) is 11.5 Å². The Balaban J connectivity index is 1.52. The van der Waals surface area contributed by atoms with Crippen molar-refractivity contribution in [3.8, 4) is 22.8 Å². The molecule has 4 aromatic rings. The molecule has 0 aliphatic carbocycles. The highest BCUT2D eigenvalue weighted by Gasteiger charge is 2.15. The van der Waals surface area contributed by atoms with E-state index in [9.17, 15) is 4.79 Å². The summed E-state index contributed by atoms with van der Waals surface area (Å²) < 4.78 is 12.4. The molecule has 1 amide bonds. The molecule has 2 aromatic carbocycles. The van der Waals surface area contributed by atoms with Crippen molar-refractivity contribution >= 4 is 17.2 Å². The van der Waals surface area contributed by atoms with Crippen LogP contribution in [0, 0.1) is 13.8 Å². The Bertz CT molecular complexity index is 1270. The number of fused-ring (bicyclic) bond motifs is 1. The zero-order valence-electron chi connectivity index (χ0n) is 18.7. The molecular formula is C25H26N4O3. The number of aryl methyl sites for hydroxylation is 2. The molecule has 0 aliphatic heterocycles. The van der Waals surface area contributed by atoms with E-state index >= 15 is 0 Å². The normalized spacial score (nSPS) is 10.9. The molecule has 0 saturated heterocycles. The molecule has 32 heavy (non-hydrogen) atoms. The number of nitrogens with zero attached hydrogens (tertiary/aromatic N) is 3. The first-order chi connectivity index (χ1) is 15.5. The van der Waals surface area contributed by atoms with E-state index < -0.39 is 0 Å². The molecule has 1 N–H and O–H groups in total. The highest BCUT2D eigenvalue weighted by Crippen LogP contribution is 2.29. The van der Waals surface area contributed by atoms with Crippen molar-refractivity contribution in [2.24, 2.45) is 0 Å². The molecule has 0 fully saturated rings. The second-order valence-electron chi connectivity index (χ2n) is 7.54. The average molecular weight is 431 g/mol. The summed E-state index contributed by atoms with van der Waals surface area (Å²) in [4.78, 5) is 17.4. The molecule has 164 valence electrons. The number of carbonyl (C=O) groups excluding carboxylic acids is 1. The van der Waals surface area contributed by atoms with Crippen LogP contribution in [0.1, 0.15) is 23.4 Å². The molecule has 0 atom stereocenters. The fourth-order valence-electron chi connectivity index (χ4n) is 3.79. The van der Waals surface area contributed by atoms with Gasteiger partial charge in [0.15, 0.2) is 5.65 Å². The molecule has 0 radical (unpaired) electrons. The van der Waals surface area contributed by atoms with Crippen LogP contribution in [0.4, 0.5) is 5.69 Å². The highest BCUT2D eigenvalue weighted by atomic mass is 16.5. The third-order valence-corrected chi connectivity index (χ3v) is 5.52. The Labute approximate surface area is 187 Å². The van der Waals surface area contributed by atoms with Gasteiger partial charge in [-0.25, -0.2) is 9.50 Å². The van der Waals surface area contributed by atoms with E-state index in [1.54, 1.807) is 32.4 Å². The number of hydrogen-bond donors (Lipinski definition) is 1. The second-order valence-corrected chi connectivity index (χ2v) is 7.54. The zero-order valence-corrected chi connectivity index (χ0v) is 18.7. The van der Waals surface area contributed by atoms with Crippen molar-refractivity contribution in [3.63, 3.8) is 0 Å². The molecule has 0 saturated carbocycles. The molecule has 0 aliphatic rings. The largest absolute Gasteiger partial charge is 0.497 e. The van der Waals surface area contributed by atoms with E-state index in [1.807, 2.05) is 54.8 Å². The Morgan fingerprint density at radius 3 is 2.53 bits per heavy atom. The van der Waals surface area contributed by atoms with Crippen LogP contribution >= 0.6 is 0 Å². The Kier molecular flexibility index (Phi) is 6.07. The summed E-state index contributed by atoms with van der Waals surface area (Å²) in [6.07, 6.45) is 0.877. The number of carbonyl (C=O) groups is 1. The fraction of sp³-hybridized carbons (Fsp3) is 0.240. The molecule has 0 spiro atoms. The molecule has 7 nitrogen and oxygen atoms in total. The van der Waals surface area contributed by atoms with Crippen LogP contribution in [0.5, 0.6) is 11.5 Å². The van der Waals surface area contributed by atoms with E-state index in [0.717, 1.165) is 33.9 Å². The number of amides is 1. The van der Waals surface area contributed by atoms with E-state index in [1.165, 1.54) is 0 Å². The number of methoxy groups -OCH3 is 2. The van der Waals surface area contributed by atoms with Gasteiger partial charge in [-0.2, -0.15) is 5.10 Å². The molecular weight excluding hydrogens is 404 g/mol. The van der Waals surface area contributed by atoms with Gasteiger partial charge in [-0.15, -0.1) is 0 Å². The first kappa shape index (κ1) is 21.4. The molecule has 0 bridgehead atoms. The number of nitrogens with one attached hydrogen (secondary N) is 1. The summed E-state index contributed by atoms with van der Waals surface area (Å²) in [7, 11) is 3.15. The average Bonchev–Trinajstić information content (AvgIpc) is 3.24. The highest BCUT2D eigenvalue weighted by molar-refractivity contribution is 5.92. The quantitative estimate of drug-likeness (QED) is 0.464. The van der Waals surface area contributed by atoms with Gasteiger partial charge >= 0.3 is 0 Å². The van der Waals surface area contributed by atoms with Gasteiger partial charge in [0, 0.05) is 35.5 Å². The number of benzene rings is 2. The summed E-state index contributed by atoms with van der Waals surface area (Å²) >= 11 is 0. The second kappa shape index (κ2) is 9.09. The zero-order chi connectivity index (χ0) is 22.7. The first-order valence-corrected chi connectivity index (χ1v) is 10.4. The van der Waals surface area contributed by atoms with Gasteiger partial charge in [0.2, 0.25) is 5.91 Å². The summed E-state index contributed by atoms with van der Waals surface area (Å²) in [6, 6.07) is 17.3. The number of rotatable bonds is 7. The maximum atomic E-state index is 12.6. The summed E-state index contributed by atoms with van der Waals surface area (Å²) in [6.45, 7) is 3.99. The lowest BCUT2D eigenvalue weighted by Gasteiger charge is -2.13. The van der Waals surface area contributed by atoms with Crippen molar-refractivity contribution in [1.82, 2.24) is 14.6 Å². The SMILES string of the molecule is COc1ccc(NC(=O)CCc2c(C)nc3cc(-c4ccccc4)nn3c2C)c(OC)c1. The number of hydrogen-bond acceptors (Lipinski definition) is 5. The third-order valence-electron chi connectivity index (χ3n) is 5.52. The summed E-state index contributed by atoms with van der Waals surface area (Å²) in [5, 5.41) is 7.67. The predicted octanol–water partition coefficient (Wildman–Crippen LogP) is 4.60. The van der Waals surface area contributed by atoms with Gasteiger partial charge in [-0.3, -0.25) is 4.79 Å². The van der Waals surface area contributed by atoms with Crippen LogP contribution in [0.2, 0.25) is 0 Å². The lowest BCUT2D eigenvalue weighted by Crippen LogP contribution is -2.15. The molecule has 7 heteroatoms. The molecule has 4 rings (SSSR count). The minimum Gasteiger partial charge on any atom is -0.497 e. The minimum absolute atomic E-state index is 0.0993. The number of anilines is 1. The standard InChI is InChI=1S/C25H26N4O3/c1-16-20(11-13-25(30)27-21-12-10-19(31-3)14-23(21)32-4)17(2)29-24(26-16)15-22(28-29)18-8-6-5-7-9-18/h5-10,12,14-15H,11,13H2,1-4H3,(H,27,30). The predicted molar refractivity (Wildman–Crippen MR) is 124 cm³/mol. The van der Waals surface area contributed by atoms with E-state index in [2.05, 4.69) is 5.32 Å². The van der Waals surface area contributed by atoms with Crippen molar-refractivity contribution in [1.29, 1.82) is 0 Å². The Hall–Kier alpha value is -3.87. The summed E-state index contributed by atoms with van der Waals surface area (Å²) in [5.41, 5.74) is 6.26. The topological polar surface area (TPSA) is 77.8 Å². The lowest BCUT2D eigenvalue weighted by atomic mass is 10.1. The molecule has 0 unspecified atom stereocenters. The van der Waals surface area contributed by atoms with Crippen LogP contribution in [0.25, 0.3) is 16.9 Å². The van der Waals surface area contributed by atoms with Gasteiger partial charge in [-0.1, -0.05) is 30.3 Å². The van der Waals surface area contributed by atoms with E-state index in [-0.39, 0.29) is 5.91 Å². The van der Waals surface area contributed by atoms with Gasteiger partial charge < -0.3 is 14.8 Å². The van der Waals surface area contributed by atoms with Crippen LogP contribution < -0.4 is 14.8 Å². The van der Waals surface area contributed by atoms with Crippen LogP contribution in [0.15, 0.2) is 54.6 Å². The summed E-state index contributed by atoms with van der Waals surface area (Å²) in [5.74, 6) is 1.12. The van der Waals surface area contributed by atoms with Crippen molar-refractivity contribution < 1.29 is 14.3 Å². The van der Waals surface area contributed by atoms with Gasteiger partial charge in [-0.05, 0) is 38.0 Å². The van der Waals surface area contributed by atoms with Crippen LogP contribution in [-0.2, 0) is 11.2 Å². The van der Waals surface area contributed by atoms with E-state index in [0.29, 0.717) is 30.0 Å². The molecule has 2 heterocycles. The number of ether oxygens (including phenoxy) is 2. The van der Waals surface area contributed by atoms with Gasteiger partial charge in [0.05, 0.1) is 25.6 Å². The maximum Gasteiger partial charge on any atom is 0.224 e. The Morgan fingerprint density at radius 1 is 1.03 bits per heavy atom. The monoisotopic (exact) mass is 430 g/mol. The van der Waals surface area contributed by atoms with Crippen LogP contribution in [0.3, 0.4) is 0 Å². The minimum atomic E-state index is -0.0993. The van der Waals surface area contributed by atoms with Gasteiger partial charge in [0.25, 0.3) is 0 Å². The smallest absolute Gasteiger partial charge is 0.224 e. The van der Waals surface area contributed by atoms with Crippen LogP contribution in [-0.4, -0.2) is 34.7 Å². The van der Waals surface area contributed by atoms with Crippen molar-refractivity contribution in [2.75, 3.05) is 19.5 Å². The first-order valence-electron chi connectivity index (χ1n) is 10.4. The maximum absolute atomic E-state index is 12.6. The lowest BCUT2D eigenvalue weighted by molar-refractivity contribution is -0.116. The van der Waals surface area contributed by atoms with E-state index in [4.69, 9.17) is 19.6 Å². The molecule has 2 aromatic heterocycles. The Morgan fingerprint density at radius 2 is 1.81 bits per heavy atom. The third kappa shape index (κ3) is 4.27.